The molecule has 0 unspecified atom stereocenters. The number of carbonyl (C=O) groups is 2. The van der Waals surface area contributed by atoms with Crippen LogP contribution in [0, 0.1) is 5.92 Å². The Bertz CT molecular complexity index is 790. The summed E-state index contributed by atoms with van der Waals surface area (Å²) in [6.45, 7) is 1.26. The van der Waals surface area contributed by atoms with Crippen molar-refractivity contribution < 1.29 is 14.3 Å². The zero-order chi connectivity index (χ0) is 18.4. The molecule has 0 bridgehead atoms. The molecule has 0 saturated heterocycles. The van der Waals surface area contributed by atoms with Gasteiger partial charge >= 0.3 is 0 Å². The molecule has 0 aliphatic heterocycles. The largest absolute Gasteiger partial charge is 0.376 e. The minimum absolute atomic E-state index is 0.0895. The van der Waals surface area contributed by atoms with E-state index in [-0.39, 0.29) is 18.4 Å². The van der Waals surface area contributed by atoms with Crippen molar-refractivity contribution in [3.05, 3.63) is 64.1 Å². The van der Waals surface area contributed by atoms with Crippen molar-refractivity contribution in [2.45, 2.75) is 19.4 Å². The molecule has 5 nitrogen and oxygen atoms in total. The fraction of sp³-hybridized carbons (Fsp3) is 0.300. The maximum atomic E-state index is 12.1. The zero-order valence-electron chi connectivity index (χ0n) is 14.3. The number of halogens is 1. The van der Waals surface area contributed by atoms with Gasteiger partial charge < -0.3 is 15.4 Å². The topological polar surface area (TPSA) is 67.4 Å². The highest BCUT2D eigenvalue weighted by atomic mass is 79.9. The van der Waals surface area contributed by atoms with Crippen LogP contribution < -0.4 is 10.6 Å². The molecule has 3 rings (SSSR count). The van der Waals surface area contributed by atoms with E-state index in [0.29, 0.717) is 17.9 Å². The van der Waals surface area contributed by atoms with E-state index in [4.69, 9.17) is 4.74 Å². The molecule has 2 aromatic carbocycles. The number of rotatable bonds is 8. The number of amides is 2. The van der Waals surface area contributed by atoms with Gasteiger partial charge in [-0.05, 0) is 54.7 Å². The molecule has 0 heterocycles. The average molecular weight is 417 g/mol. The lowest BCUT2D eigenvalue weighted by Gasteiger charge is -2.09. The van der Waals surface area contributed by atoms with E-state index >= 15 is 0 Å². The lowest BCUT2D eigenvalue weighted by atomic mass is 10.2. The summed E-state index contributed by atoms with van der Waals surface area (Å²) in [5.74, 6) is 0.166. The smallest absolute Gasteiger partial charge is 0.251 e. The number of ether oxygens (including phenoxy) is 1. The van der Waals surface area contributed by atoms with Gasteiger partial charge in [-0.3, -0.25) is 9.59 Å². The fourth-order valence-electron chi connectivity index (χ4n) is 2.46. The van der Waals surface area contributed by atoms with Gasteiger partial charge in [-0.25, -0.2) is 0 Å². The second-order valence-corrected chi connectivity index (χ2v) is 7.32. The first-order valence-corrected chi connectivity index (χ1v) is 9.40. The number of hydrogen-bond donors (Lipinski definition) is 2. The molecule has 2 amide bonds. The quantitative estimate of drug-likeness (QED) is 0.688. The van der Waals surface area contributed by atoms with Crippen LogP contribution >= 0.6 is 15.9 Å². The van der Waals surface area contributed by atoms with Crippen molar-refractivity contribution in [1.29, 1.82) is 0 Å². The second-order valence-electron chi connectivity index (χ2n) is 6.40. The summed E-state index contributed by atoms with van der Waals surface area (Å²) in [5, 5.41) is 5.41. The van der Waals surface area contributed by atoms with Gasteiger partial charge in [-0.1, -0.05) is 34.1 Å². The van der Waals surface area contributed by atoms with Gasteiger partial charge in [0.2, 0.25) is 5.91 Å². The Kier molecular flexibility index (Phi) is 6.41. The first-order valence-electron chi connectivity index (χ1n) is 8.60. The molecule has 0 spiro atoms. The van der Waals surface area contributed by atoms with E-state index in [0.717, 1.165) is 22.6 Å². The van der Waals surface area contributed by atoms with E-state index in [9.17, 15) is 9.59 Å². The highest BCUT2D eigenvalue weighted by Crippen LogP contribution is 2.29. The fourth-order valence-corrected chi connectivity index (χ4v) is 2.86. The predicted octanol–water partition coefficient (Wildman–Crippen LogP) is 3.74. The average Bonchev–Trinajstić information content (AvgIpc) is 3.44. The van der Waals surface area contributed by atoms with Crippen LogP contribution in [0.3, 0.4) is 0 Å². The van der Waals surface area contributed by atoms with Crippen molar-refractivity contribution in [1.82, 2.24) is 5.32 Å². The molecule has 26 heavy (non-hydrogen) atoms. The van der Waals surface area contributed by atoms with Gasteiger partial charge in [-0.15, -0.1) is 0 Å². The van der Waals surface area contributed by atoms with E-state index < -0.39 is 0 Å². The molecule has 136 valence electrons. The van der Waals surface area contributed by atoms with E-state index in [1.165, 1.54) is 12.8 Å². The van der Waals surface area contributed by atoms with Crippen LogP contribution in [0.1, 0.15) is 28.8 Å². The highest BCUT2D eigenvalue weighted by Gasteiger charge is 2.21. The van der Waals surface area contributed by atoms with Crippen LogP contribution in [0.25, 0.3) is 0 Å². The third kappa shape index (κ3) is 5.97. The number of nitrogens with one attached hydrogen (secondary N) is 2. The van der Waals surface area contributed by atoms with Crippen molar-refractivity contribution in [2.24, 2.45) is 5.92 Å². The first-order chi connectivity index (χ1) is 12.6. The van der Waals surface area contributed by atoms with Crippen LogP contribution in [0.2, 0.25) is 0 Å². The Hall–Kier alpha value is -2.18. The monoisotopic (exact) mass is 416 g/mol. The summed E-state index contributed by atoms with van der Waals surface area (Å²) in [6, 6.07) is 14.6. The molecule has 1 fully saturated rings. The second kappa shape index (κ2) is 8.96. The number of benzene rings is 2. The summed E-state index contributed by atoms with van der Waals surface area (Å²) >= 11 is 3.32. The van der Waals surface area contributed by atoms with Gasteiger partial charge in [0, 0.05) is 22.3 Å². The Morgan fingerprint density at radius 3 is 2.69 bits per heavy atom. The molecule has 0 radical (unpaired) electrons. The van der Waals surface area contributed by atoms with Gasteiger partial charge in [-0.2, -0.15) is 0 Å². The van der Waals surface area contributed by atoms with E-state index in [2.05, 4.69) is 26.6 Å². The van der Waals surface area contributed by atoms with Crippen LogP contribution in [0.4, 0.5) is 5.69 Å². The van der Waals surface area contributed by atoms with Crippen LogP contribution in [-0.2, 0) is 16.1 Å². The molecule has 1 saturated carbocycles. The maximum Gasteiger partial charge on any atom is 0.251 e. The molecule has 0 aromatic heterocycles. The number of hydrogen-bond acceptors (Lipinski definition) is 3. The summed E-state index contributed by atoms with van der Waals surface area (Å²) in [7, 11) is 0. The van der Waals surface area contributed by atoms with Gasteiger partial charge in [0.25, 0.3) is 5.91 Å². The SMILES string of the molecule is O=C(CNC(=O)c1cccc(Br)c1)Nc1cccc(COCC2CC2)c1. The van der Waals surface area contributed by atoms with Crippen molar-refractivity contribution in [3.63, 3.8) is 0 Å². The molecular formula is C20H21BrN2O3. The minimum Gasteiger partial charge on any atom is -0.376 e. The molecule has 2 N–H and O–H groups in total. The van der Waals surface area contributed by atoms with E-state index in [1.54, 1.807) is 18.2 Å². The molecule has 1 aliphatic rings. The zero-order valence-corrected chi connectivity index (χ0v) is 15.9. The molecule has 2 aromatic rings. The standard InChI is InChI=1S/C20H21BrN2O3/c21-17-5-2-4-16(10-17)20(25)22-11-19(24)23-18-6-1-3-15(9-18)13-26-12-14-7-8-14/h1-6,9-10,14H,7-8,11-13H2,(H,22,25)(H,23,24). The minimum atomic E-state index is -0.288. The van der Waals surface area contributed by atoms with E-state index in [1.807, 2.05) is 30.3 Å². The number of anilines is 1. The van der Waals surface area contributed by atoms with Crippen LogP contribution in [0.5, 0.6) is 0 Å². The Morgan fingerprint density at radius 2 is 1.92 bits per heavy atom. The molecule has 1 aliphatic carbocycles. The summed E-state index contributed by atoms with van der Waals surface area (Å²) in [4.78, 5) is 24.1. The number of carbonyl (C=O) groups excluding carboxylic acids is 2. The first kappa shape index (κ1) is 18.6. The predicted molar refractivity (Wildman–Crippen MR) is 104 cm³/mol. The van der Waals surface area contributed by atoms with Crippen molar-refractivity contribution in [3.8, 4) is 0 Å². The van der Waals surface area contributed by atoms with Gasteiger partial charge in [0.05, 0.1) is 13.2 Å². The van der Waals surface area contributed by atoms with Crippen LogP contribution in [-0.4, -0.2) is 25.0 Å². The normalized spacial score (nSPS) is 13.3. The highest BCUT2D eigenvalue weighted by molar-refractivity contribution is 9.10. The Balaban J connectivity index is 1.45. The summed E-state index contributed by atoms with van der Waals surface area (Å²) in [5.41, 5.74) is 2.21. The molecule has 6 heteroatoms. The molecule has 0 atom stereocenters. The Morgan fingerprint density at radius 1 is 1.12 bits per heavy atom. The summed E-state index contributed by atoms with van der Waals surface area (Å²) in [6.07, 6.45) is 2.53. The third-order valence-corrected chi connectivity index (χ3v) is 4.52. The Labute approximate surface area is 161 Å². The van der Waals surface area contributed by atoms with Crippen LogP contribution in [0.15, 0.2) is 53.0 Å². The third-order valence-electron chi connectivity index (χ3n) is 4.03. The van der Waals surface area contributed by atoms with Gasteiger partial charge in [0.15, 0.2) is 0 Å². The lowest BCUT2D eigenvalue weighted by Crippen LogP contribution is -2.32. The van der Waals surface area contributed by atoms with Gasteiger partial charge in [0.1, 0.15) is 0 Å². The molecular weight excluding hydrogens is 396 g/mol. The van der Waals surface area contributed by atoms with Crippen molar-refractivity contribution in [2.75, 3.05) is 18.5 Å². The van der Waals surface area contributed by atoms with Crippen molar-refractivity contribution >= 4 is 33.4 Å². The summed E-state index contributed by atoms with van der Waals surface area (Å²) < 4.78 is 6.48. The lowest BCUT2D eigenvalue weighted by molar-refractivity contribution is -0.115. The maximum absolute atomic E-state index is 12.1.